The number of pyridine rings is 1. The van der Waals surface area contributed by atoms with Crippen LogP contribution in [0.5, 0.6) is 0 Å². The van der Waals surface area contributed by atoms with Crippen molar-refractivity contribution in [3.8, 4) is 11.3 Å². The van der Waals surface area contributed by atoms with E-state index in [2.05, 4.69) is 34.7 Å². The smallest absolute Gasteiger partial charge is 0.263 e. The number of hydrogen-bond acceptors (Lipinski definition) is 6. The summed E-state index contributed by atoms with van der Waals surface area (Å²) >= 11 is 1.49. The van der Waals surface area contributed by atoms with Crippen molar-refractivity contribution < 1.29 is 14.4 Å². The number of carbonyl (C=O) groups is 3. The van der Waals surface area contributed by atoms with Crippen LogP contribution in [0, 0.1) is 0 Å². The maximum atomic E-state index is 12.8. The number of piperidine rings is 1. The molecule has 2 aromatic carbocycles. The number of amides is 3. The third kappa shape index (κ3) is 4.70. The molecule has 4 aromatic rings. The molecule has 9 heteroatoms. The van der Waals surface area contributed by atoms with Gasteiger partial charge in [0.15, 0.2) is 0 Å². The fourth-order valence-corrected chi connectivity index (χ4v) is 6.85. The summed E-state index contributed by atoms with van der Waals surface area (Å²) in [5.74, 6) is 0.0228. The zero-order chi connectivity index (χ0) is 28.0. The summed E-state index contributed by atoms with van der Waals surface area (Å²) in [6.45, 7) is 9.28. The molecule has 2 aliphatic heterocycles. The lowest BCUT2D eigenvalue weighted by Crippen LogP contribution is -2.36. The minimum absolute atomic E-state index is 0.0438. The van der Waals surface area contributed by atoms with Gasteiger partial charge in [-0.25, -0.2) is 4.98 Å². The van der Waals surface area contributed by atoms with Gasteiger partial charge < -0.3 is 20.9 Å². The highest BCUT2D eigenvalue weighted by atomic mass is 32.1. The molecule has 2 aromatic heterocycles. The number of benzene rings is 2. The van der Waals surface area contributed by atoms with Gasteiger partial charge in [-0.05, 0) is 67.7 Å². The lowest BCUT2D eigenvalue weighted by Gasteiger charge is -2.32. The average molecular weight is 554 g/mol. The van der Waals surface area contributed by atoms with Crippen molar-refractivity contribution in [3.05, 3.63) is 65.6 Å². The Balaban J connectivity index is 1.38. The second-order valence-electron chi connectivity index (χ2n) is 10.5. The Bertz CT molecular complexity index is 1690. The summed E-state index contributed by atoms with van der Waals surface area (Å²) < 4.78 is 1.04. The van der Waals surface area contributed by atoms with E-state index in [-0.39, 0.29) is 29.7 Å². The summed E-state index contributed by atoms with van der Waals surface area (Å²) in [6.07, 6.45) is 2.96. The molecule has 0 radical (unpaired) electrons. The van der Waals surface area contributed by atoms with Gasteiger partial charge in [-0.1, -0.05) is 18.7 Å². The van der Waals surface area contributed by atoms with Crippen LogP contribution >= 0.6 is 11.3 Å². The number of nitrogens with one attached hydrogen (secondary N) is 3. The van der Waals surface area contributed by atoms with Crippen molar-refractivity contribution in [3.63, 3.8) is 0 Å². The van der Waals surface area contributed by atoms with E-state index in [9.17, 15) is 14.4 Å². The predicted octanol–water partition coefficient (Wildman–Crippen LogP) is 5.51. The topological polar surface area (TPSA) is 103 Å². The zero-order valence-electron chi connectivity index (χ0n) is 22.5. The van der Waals surface area contributed by atoms with E-state index < -0.39 is 0 Å². The van der Waals surface area contributed by atoms with Crippen LogP contribution in [-0.2, 0) is 9.59 Å². The zero-order valence-corrected chi connectivity index (χ0v) is 23.4. The van der Waals surface area contributed by atoms with Crippen molar-refractivity contribution >= 4 is 61.4 Å². The molecular weight excluding hydrogens is 522 g/mol. The number of hydrogen-bond donors (Lipinski definition) is 3. The van der Waals surface area contributed by atoms with Crippen LogP contribution in [0.3, 0.4) is 0 Å². The third-order valence-corrected chi connectivity index (χ3v) is 9.02. The van der Waals surface area contributed by atoms with Crippen molar-refractivity contribution in [2.24, 2.45) is 0 Å². The van der Waals surface area contributed by atoms with Crippen LogP contribution in [0.2, 0.25) is 0 Å². The molecule has 4 heterocycles. The molecule has 1 fully saturated rings. The molecular formula is C31H31N5O3S. The standard InChI is InChI=1S/C31H31N5O3S/c1-4-27(38)35-25-15-20(5-6-21(25)19-11-13-36(14-12-19)18(3)37)23-8-7-22-24(34-23)9-10-26-28(22)29-30(40-26)31(39)33-17(2)16-32-29/h4-10,15,17,19,32H,1,11-14,16H2,2-3H3,(H,33,39)(H,35,38). The fourth-order valence-electron chi connectivity index (χ4n) is 5.76. The van der Waals surface area contributed by atoms with Crippen LogP contribution in [0.4, 0.5) is 11.4 Å². The third-order valence-electron chi connectivity index (χ3n) is 7.86. The second-order valence-corrected chi connectivity index (χ2v) is 11.6. The van der Waals surface area contributed by atoms with Crippen LogP contribution in [0.25, 0.3) is 32.2 Å². The van der Waals surface area contributed by atoms with E-state index in [1.807, 2.05) is 42.2 Å². The van der Waals surface area contributed by atoms with Crippen LogP contribution in [0.15, 0.2) is 55.1 Å². The number of carbonyl (C=O) groups excluding carboxylic acids is 3. The molecule has 204 valence electrons. The molecule has 1 saturated heterocycles. The maximum absolute atomic E-state index is 12.8. The Morgan fingerprint density at radius 3 is 2.70 bits per heavy atom. The van der Waals surface area contributed by atoms with Gasteiger partial charge in [0.2, 0.25) is 11.8 Å². The second kappa shape index (κ2) is 10.4. The van der Waals surface area contributed by atoms with Gasteiger partial charge in [-0.2, -0.15) is 0 Å². The quantitative estimate of drug-likeness (QED) is 0.289. The van der Waals surface area contributed by atoms with Crippen molar-refractivity contribution in [1.29, 1.82) is 0 Å². The fraction of sp³-hybridized carbons (Fsp3) is 0.290. The van der Waals surface area contributed by atoms with Gasteiger partial charge in [-0.15, -0.1) is 11.3 Å². The molecule has 0 aliphatic carbocycles. The first-order valence-corrected chi connectivity index (χ1v) is 14.4. The van der Waals surface area contributed by atoms with Gasteiger partial charge in [0.1, 0.15) is 4.88 Å². The molecule has 0 spiro atoms. The molecule has 40 heavy (non-hydrogen) atoms. The van der Waals surface area contributed by atoms with Gasteiger partial charge in [0.25, 0.3) is 5.91 Å². The molecule has 0 bridgehead atoms. The van der Waals surface area contributed by atoms with Crippen molar-refractivity contribution in [1.82, 2.24) is 15.2 Å². The lowest BCUT2D eigenvalue weighted by atomic mass is 9.87. The molecule has 3 N–H and O–H groups in total. The van der Waals surface area contributed by atoms with E-state index in [0.717, 1.165) is 62.0 Å². The van der Waals surface area contributed by atoms with Gasteiger partial charge in [0, 0.05) is 59.3 Å². The first kappa shape index (κ1) is 26.0. The number of nitrogens with zero attached hydrogens (tertiary/aromatic N) is 2. The van der Waals surface area contributed by atoms with E-state index in [0.29, 0.717) is 24.5 Å². The average Bonchev–Trinajstić information content (AvgIpc) is 3.28. The number of thiophene rings is 1. The van der Waals surface area contributed by atoms with E-state index in [1.54, 1.807) is 6.92 Å². The predicted molar refractivity (Wildman–Crippen MR) is 161 cm³/mol. The number of rotatable bonds is 4. The highest BCUT2D eigenvalue weighted by molar-refractivity contribution is 7.21. The summed E-state index contributed by atoms with van der Waals surface area (Å²) in [7, 11) is 0. The van der Waals surface area contributed by atoms with E-state index >= 15 is 0 Å². The largest absolute Gasteiger partial charge is 0.381 e. The maximum Gasteiger partial charge on any atom is 0.263 e. The van der Waals surface area contributed by atoms with Crippen LogP contribution in [0.1, 0.15) is 47.8 Å². The number of anilines is 2. The Hall–Kier alpha value is -4.24. The van der Waals surface area contributed by atoms with Gasteiger partial charge in [0.05, 0.1) is 16.9 Å². The van der Waals surface area contributed by atoms with Crippen LogP contribution < -0.4 is 16.0 Å². The minimum atomic E-state index is -0.266. The van der Waals surface area contributed by atoms with E-state index in [1.165, 1.54) is 17.4 Å². The van der Waals surface area contributed by atoms with E-state index in [4.69, 9.17) is 4.98 Å². The summed E-state index contributed by atoms with van der Waals surface area (Å²) in [4.78, 5) is 44.5. The van der Waals surface area contributed by atoms with Gasteiger partial charge in [-0.3, -0.25) is 14.4 Å². The number of likely N-dealkylation sites (tertiary alicyclic amines) is 1. The Kier molecular flexibility index (Phi) is 6.75. The van der Waals surface area contributed by atoms with Gasteiger partial charge >= 0.3 is 0 Å². The van der Waals surface area contributed by atoms with Crippen LogP contribution in [-0.4, -0.2) is 53.3 Å². The molecule has 1 atom stereocenters. The first-order valence-electron chi connectivity index (χ1n) is 13.6. The van der Waals surface area contributed by atoms with Crippen molar-refractivity contribution in [2.45, 2.75) is 38.6 Å². The Labute approximate surface area is 236 Å². The molecule has 6 rings (SSSR count). The highest BCUT2D eigenvalue weighted by Crippen LogP contribution is 2.42. The SMILES string of the molecule is C=CC(=O)Nc1cc(-c2ccc3c(ccc4sc5c(c43)NCC(C)NC5=O)n2)ccc1C1CCN(C(C)=O)CC1. The Morgan fingerprint density at radius 2 is 1.95 bits per heavy atom. The summed E-state index contributed by atoms with van der Waals surface area (Å²) in [5.41, 5.74) is 5.19. The normalized spacial score (nSPS) is 17.6. The van der Waals surface area contributed by atoms with Crippen molar-refractivity contribution in [2.75, 3.05) is 30.3 Å². The molecule has 8 nitrogen and oxygen atoms in total. The molecule has 3 amide bonds. The lowest BCUT2D eigenvalue weighted by molar-refractivity contribution is -0.129. The number of aromatic nitrogens is 1. The molecule has 0 saturated carbocycles. The summed E-state index contributed by atoms with van der Waals surface area (Å²) in [6, 6.07) is 14.2. The molecule has 2 aliphatic rings. The monoisotopic (exact) mass is 553 g/mol. The minimum Gasteiger partial charge on any atom is -0.381 e. The highest BCUT2D eigenvalue weighted by Gasteiger charge is 2.26. The molecule has 1 unspecified atom stereocenters. The number of fused-ring (bicyclic) bond motifs is 5. The Morgan fingerprint density at radius 1 is 1.15 bits per heavy atom. The first-order chi connectivity index (χ1) is 19.3. The summed E-state index contributed by atoms with van der Waals surface area (Å²) in [5, 5.41) is 11.5.